The molecule has 0 aromatic heterocycles. The van der Waals surface area contributed by atoms with Crippen LogP contribution in [-0.4, -0.2) is 16.8 Å². The third-order valence-corrected chi connectivity index (χ3v) is 2.91. The van der Waals surface area contributed by atoms with Gasteiger partial charge in [-0.2, -0.15) is 0 Å². The molecule has 1 saturated carbocycles. The minimum Gasteiger partial charge on any atom is -0.350 e. The summed E-state index contributed by atoms with van der Waals surface area (Å²) in [7, 11) is 0. The van der Waals surface area contributed by atoms with Gasteiger partial charge in [-0.05, 0) is 12.8 Å². The Morgan fingerprint density at radius 2 is 2.30 bits per heavy atom. The summed E-state index contributed by atoms with van der Waals surface area (Å²) >= 11 is 3.38. The van der Waals surface area contributed by atoms with Crippen LogP contribution in [-0.2, 0) is 4.79 Å². The molecule has 1 aliphatic rings. The SMILES string of the molecule is CCC(=O)NC1(CBr)CC1. The highest BCUT2D eigenvalue weighted by molar-refractivity contribution is 9.09. The second-order valence-electron chi connectivity index (χ2n) is 2.82. The molecule has 3 heteroatoms. The first kappa shape index (κ1) is 8.05. The van der Waals surface area contributed by atoms with Gasteiger partial charge in [0.15, 0.2) is 0 Å². The van der Waals surface area contributed by atoms with Gasteiger partial charge in [-0.15, -0.1) is 0 Å². The number of nitrogens with one attached hydrogen (secondary N) is 1. The number of halogens is 1. The van der Waals surface area contributed by atoms with Crippen molar-refractivity contribution < 1.29 is 4.79 Å². The van der Waals surface area contributed by atoms with Gasteiger partial charge in [-0.1, -0.05) is 22.9 Å². The van der Waals surface area contributed by atoms with E-state index in [1.807, 2.05) is 6.92 Å². The van der Waals surface area contributed by atoms with Crippen molar-refractivity contribution in [1.82, 2.24) is 5.32 Å². The Hall–Kier alpha value is -0.0500. The summed E-state index contributed by atoms with van der Waals surface area (Å²) in [4.78, 5) is 10.9. The van der Waals surface area contributed by atoms with E-state index in [9.17, 15) is 4.79 Å². The highest BCUT2D eigenvalue weighted by atomic mass is 79.9. The molecule has 0 saturated heterocycles. The van der Waals surface area contributed by atoms with Crippen LogP contribution in [0, 0.1) is 0 Å². The summed E-state index contributed by atoms with van der Waals surface area (Å²) in [6, 6.07) is 0. The van der Waals surface area contributed by atoms with Gasteiger partial charge in [0, 0.05) is 17.3 Å². The molecule has 0 spiro atoms. The van der Waals surface area contributed by atoms with Crippen LogP contribution in [0.4, 0.5) is 0 Å². The second kappa shape index (κ2) is 2.91. The predicted octanol–water partition coefficient (Wildman–Crippen LogP) is 1.44. The molecule has 58 valence electrons. The van der Waals surface area contributed by atoms with Crippen molar-refractivity contribution in [2.45, 2.75) is 31.7 Å². The maximum atomic E-state index is 10.9. The highest BCUT2D eigenvalue weighted by Crippen LogP contribution is 2.36. The fraction of sp³-hybridized carbons (Fsp3) is 0.857. The summed E-state index contributed by atoms with van der Waals surface area (Å²) in [5.41, 5.74) is 0.132. The maximum absolute atomic E-state index is 10.9. The first-order valence-corrected chi connectivity index (χ1v) is 4.71. The molecular weight excluding hydrogens is 194 g/mol. The molecule has 0 unspecified atom stereocenters. The Kier molecular flexibility index (Phi) is 2.34. The molecule has 10 heavy (non-hydrogen) atoms. The molecule has 0 bridgehead atoms. The molecule has 0 aliphatic heterocycles. The second-order valence-corrected chi connectivity index (χ2v) is 3.38. The van der Waals surface area contributed by atoms with E-state index in [2.05, 4.69) is 21.2 Å². The zero-order valence-electron chi connectivity index (χ0n) is 6.11. The Bertz CT molecular complexity index is 143. The number of alkyl halides is 1. The summed E-state index contributed by atoms with van der Waals surface area (Å²) in [6.07, 6.45) is 2.85. The van der Waals surface area contributed by atoms with E-state index in [4.69, 9.17) is 0 Å². The number of rotatable bonds is 3. The number of amides is 1. The summed E-state index contributed by atoms with van der Waals surface area (Å²) in [5.74, 6) is 0.164. The van der Waals surface area contributed by atoms with Crippen LogP contribution in [0.25, 0.3) is 0 Å². The fourth-order valence-corrected chi connectivity index (χ4v) is 1.53. The van der Waals surface area contributed by atoms with Crippen LogP contribution in [0.1, 0.15) is 26.2 Å². The van der Waals surface area contributed by atoms with Gasteiger partial charge in [0.05, 0.1) is 0 Å². The van der Waals surface area contributed by atoms with Crippen LogP contribution in [0.5, 0.6) is 0 Å². The molecule has 1 amide bonds. The van der Waals surface area contributed by atoms with Gasteiger partial charge in [-0.3, -0.25) is 4.79 Å². The van der Waals surface area contributed by atoms with E-state index < -0.39 is 0 Å². The Morgan fingerprint density at radius 1 is 1.70 bits per heavy atom. The Balaban J connectivity index is 2.30. The minimum atomic E-state index is 0.132. The highest BCUT2D eigenvalue weighted by Gasteiger charge is 2.42. The van der Waals surface area contributed by atoms with Crippen molar-refractivity contribution in [2.75, 3.05) is 5.33 Å². The van der Waals surface area contributed by atoms with Gasteiger partial charge >= 0.3 is 0 Å². The fourth-order valence-electron chi connectivity index (χ4n) is 0.827. The van der Waals surface area contributed by atoms with Crippen molar-refractivity contribution in [3.63, 3.8) is 0 Å². The molecule has 1 fully saturated rings. The molecular formula is C7H12BrNO. The normalized spacial score (nSPS) is 20.2. The van der Waals surface area contributed by atoms with Crippen molar-refractivity contribution in [1.29, 1.82) is 0 Å². The van der Waals surface area contributed by atoms with Crippen LogP contribution >= 0.6 is 15.9 Å². The van der Waals surface area contributed by atoms with Crippen LogP contribution in [0.15, 0.2) is 0 Å². The van der Waals surface area contributed by atoms with Gasteiger partial charge < -0.3 is 5.32 Å². The first-order chi connectivity index (χ1) is 4.72. The zero-order valence-corrected chi connectivity index (χ0v) is 7.70. The summed E-state index contributed by atoms with van der Waals surface area (Å²) in [5, 5.41) is 3.88. The van der Waals surface area contributed by atoms with Crippen LogP contribution < -0.4 is 5.32 Å². The first-order valence-electron chi connectivity index (χ1n) is 3.59. The lowest BCUT2D eigenvalue weighted by molar-refractivity contribution is -0.121. The summed E-state index contributed by atoms with van der Waals surface area (Å²) < 4.78 is 0. The average molecular weight is 206 g/mol. The molecule has 0 aromatic carbocycles. The van der Waals surface area contributed by atoms with E-state index in [-0.39, 0.29) is 11.4 Å². The van der Waals surface area contributed by atoms with Gasteiger partial charge in [0.2, 0.25) is 5.91 Å². The molecule has 0 radical (unpaired) electrons. The van der Waals surface area contributed by atoms with E-state index in [1.165, 1.54) is 0 Å². The molecule has 0 aromatic rings. The number of carbonyl (C=O) groups is 1. The maximum Gasteiger partial charge on any atom is 0.220 e. The monoisotopic (exact) mass is 205 g/mol. The van der Waals surface area contributed by atoms with E-state index >= 15 is 0 Å². The van der Waals surface area contributed by atoms with E-state index in [1.54, 1.807) is 0 Å². The van der Waals surface area contributed by atoms with E-state index in [0.717, 1.165) is 18.2 Å². The third kappa shape index (κ3) is 1.72. The van der Waals surface area contributed by atoms with Gasteiger partial charge in [0.1, 0.15) is 0 Å². The van der Waals surface area contributed by atoms with Crippen LogP contribution in [0.3, 0.4) is 0 Å². The number of hydrogen-bond donors (Lipinski definition) is 1. The molecule has 1 rings (SSSR count). The average Bonchev–Trinajstić information content (AvgIpc) is 2.70. The van der Waals surface area contributed by atoms with Gasteiger partial charge in [-0.25, -0.2) is 0 Å². The van der Waals surface area contributed by atoms with Crippen molar-refractivity contribution in [3.05, 3.63) is 0 Å². The minimum absolute atomic E-state index is 0.132. The quantitative estimate of drug-likeness (QED) is 0.695. The lowest BCUT2D eigenvalue weighted by atomic mass is 10.3. The zero-order chi connectivity index (χ0) is 7.61. The lowest BCUT2D eigenvalue weighted by Gasteiger charge is -2.12. The smallest absolute Gasteiger partial charge is 0.220 e. The largest absolute Gasteiger partial charge is 0.350 e. The molecule has 1 N–H and O–H groups in total. The molecule has 0 heterocycles. The standard InChI is InChI=1S/C7H12BrNO/c1-2-6(10)9-7(5-8)3-4-7/h2-5H2,1H3,(H,9,10). The van der Waals surface area contributed by atoms with Crippen molar-refractivity contribution in [3.8, 4) is 0 Å². The number of hydrogen-bond acceptors (Lipinski definition) is 1. The topological polar surface area (TPSA) is 29.1 Å². The van der Waals surface area contributed by atoms with Gasteiger partial charge in [0.25, 0.3) is 0 Å². The van der Waals surface area contributed by atoms with E-state index in [0.29, 0.717) is 6.42 Å². The molecule has 2 nitrogen and oxygen atoms in total. The van der Waals surface area contributed by atoms with Crippen molar-refractivity contribution in [2.24, 2.45) is 0 Å². The molecule has 0 atom stereocenters. The Labute approximate surface area is 69.5 Å². The summed E-state index contributed by atoms with van der Waals surface area (Å²) in [6.45, 7) is 1.87. The third-order valence-electron chi connectivity index (χ3n) is 1.84. The van der Waals surface area contributed by atoms with Crippen molar-refractivity contribution >= 4 is 21.8 Å². The predicted molar refractivity (Wildman–Crippen MR) is 44.2 cm³/mol. The van der Waals surface area contributed by atoms with Crippen LogP contribution in [0.2, 0.25) is 0 Å². The Morgan fingerprint density at radius 3 is 2.60 bits per heavy atom. The molecule has 1 aliphatic carbocycles. The number of carbonyl (C=O) groups excluding carboxylic acids is 1. The lowest BCUT2D eigenvalue weighted by Crippen LogP contribution is -2.37.